The van der Waals surface area contributed by atoms with Crippen molar-refractivity contribution in [2.24, 2.45) is 5.73 Å². The van der Waals surface area contributed by atoms with E-state index in [1.165, 1.54) is 18.2 Å². The van der Waals surface area contributed by atoms with Crippen molar-refractivity contribution >= 4 is 23.1 Å². The van der Waals surface area contributed by atoms with Crippen LogP contribution in [0.2, 0.25) is 0 Å². The lowest BCUT2D eigenvalue weighted by molar-refractivity contribution is 0.0949. The van der Waals surface area contributed by atoms with E-state index in [0.717, 1.165) is 0 Å². The maximum Gasteiger partial charge on any atom is 0.210 e. The first-order chi connectivity index (χ1) is 13.5. The van der Waals surface area contributed by atoms with Gasteiger partial charge in [-0.3, -0.25) is 19.2 Å². The van der Waals surface area contributed by atoms with Gasteiger partial charge in [0.1, 0.15) is 0 Å². The van der Waals surface area contributed by atoms with Crippen molar-refractivity contribution in [2.75, 3.05) is 6.54 Å². The molecule has 0 radical (unpaired) electrons. The lowest BCUT2D eigenvalue weighted by Crippen LogP contribution is -2.36. The molecule has 0 saturated carbocycles. The highest BCUT2D eigenvalue weighted by atomic mass is 16.2. The molecule has 0 heterocycles. The minimum atomic E-state index is -0.543. The predicted octanol–water partition coefficient (Wildman–Crippen LogP) is 2.22. The maximum absolute atomic E-state index is 13.3. The third-order valence-electron chi connectivity index (χ3n) is 4.88. The highest BCUT2D eigenvalue weighted by Gasteiger charge is 2.40. The molecule has 138 valence electrons. The van der Waals surface area contributed by atoms with Gasteiger partial charge in [-0.05, 0) is 6.92 Å². The number of likely N-dealkylation sites (N-methyl/N-ethyl adjacent to an activating group) is 1. The third-order valence-corrected chi connectivity index (χ3v) is 4.88. The van der Waals surface area contributed by atoms with Gasteiger partial charge in [-0.2, -0.15) is 0 Å². The highest BCUT2D eigenvalue weighted by molar-refractivity contribution is 6.36. The summed E-state index contributed by atoms with van der Waals surface area (Å²) in [6, 6.07) is 12.7. The molecule has 0 aromatic heterocycles. The molecule has 0 spiro atoms. The van der Waals surface area contributed by atoms with E-state index in [1.54, 1.807) is 37.3 Å². The van der Waals surface area contributed by atoms with Crippen LogP contribution < -0.4 is 11.1 Å². The van der Waals surface area contributed by atoms with Crippen LogP contribution in [0.25, 0.3) is 0 Å². The monoisotopic (exact) mass is 372 g/mol. The van der Waals surface area contributed by atoms with Gasteiger partial charge in [0.15, 0.2) is 11.6 Å². The first-order valence-corrected chi connectivity index (χ1v) is 8.82. The zero-order valence-corrected chi connectivity index (χ0v) is 15.0. The van der Waals surface area contributed by atoms with E-state index in [-0.39, 0.29) is 44.8 Å². The molecule has 2 aromatic rings. The van der Waals surface area contributed by atoms with Crippen molar-refractivity contribution in [3.63, 3.8) is 0 Å². The van der Waals surface area contributed by atoms with E-state index in [1.807, 2.05) is 0 Å². The van der Waals surface area contributed by atoms with Crippen molar-refractivity contribution in [3.05, 3.63) is 93.3 Å². The molecule has 6 nitrogen and oxygen atoms in total. The van der Waals surface area contributed by atoms with E-state index in [9.17, 15) is 19.2 Å². The number of fused-ring (bicyclic) bond motifs is 2. The average molecular weight is 372 g/mol. The smallest absolute Gasteiger partial charge is 0.210 e. The van der Waals surface area contributed by atoms with Gasteiger partial charge in [0.25, 0.3) is 0 Å². The second-order valence-corrected chi connectivity index (χ2v) is 6.48. The van der Waals surface area contributed by atoms with Gasteiger partial charge >= 0.3 is 0 Å². The Kier molecular flexibility index (Phi) is 4.04. The lowest BCUT2D eigenvalue weighted by Gasteiger charge is -2.26. The molecule has 28 heavy (non-hydrogen) atoms. The van der Waals surface area contributed by atoms with E-state index >= 15 is 0 Å². The van der Waals surface area contributed by atoms with Gasteiger partial charge in [-0.1, -0.05) is 48.5 Å². The average Bonchev–Trinajstić information content (AvgIpc) is 2.72. The Morgan fingerprint density at radius 2 is 1.11 bits per heavy atom. The molecule has 6 heteroatoms. The summed E-state index contributed by atoms with van der Waals surface area (Å²) in [5, 5.41) is 2.89. The fourth-order valence-electron chi connectivity index (χ4n) is 3.60. The first-order valence-electron chi connectivity index (χ1n) is 8.82. The van der Waals surface area contributed by atoms with Crippen LogP contribution in [0, 0.1) is 0 Å². The maximum atomic E-state index is 13.3. The normalized spacial score (nSPS) is 16.3. The van der Waals surface area contributed by atoms with E-state index in [2.05, 4.69) is 5.32 Å². The van der Waals surface area contributed by atoms with Crippen LogP contribution in [0.3, 0.4) is 0 Å². The molecule has 2 aliphatic carbocycles. The number of carbonyl (C=O) groups excluding carboxylic acids is 4. The van der Waals surface area contributed by atoms with Gasteiger partial charge in [-0.15, -0.1) is 0 Å². The van der Waals surface area contributed by atoms with Gasteiger partial charge in [-0.25, -0.2) is 0 Å². The summed E-state index contributed by atoms with van der Waals surface area (Å²) in [5.74, 6) is -2.00. The topological polar surface area (TPSA) is 106 Å². The number of Topliss-reactive ketones (excluding diaryl/α,β-unsaturated/α-hetero) is 4. The van der Waals surface area contributed by atoms with Crippen LogP contribution in [0.1, 0.15) is 48.4 Å². The number of hydrogen-bond donors (Lipinski definition) is 2. The number of hydrogen-bond acceptors (Lipinski definition) is 6. The number of carbonyl (C=O) groups is 4. The summed E-state index contributed by atoms with van der Waals surface area (Å²) in [5.41, 5.74) is 6.13. The quantitative estimate of drug-likeness (QED) is 0.856. The van der Waals surface area contributed by atoms with Crippen LogP contribution in [0.4, 0.5) is 0 Å². The molecule has 2 aliphatic rings. The Morgan fingerprint density at radius 3 is 1.61 bits per heavy atom. The molecule has 0 unspecified atom stereocenters. The third kappa shape index (κ3) is 2.35. The second kappa shape index (κ2) is 6.42. The fourth-order valence-corrected chi connectivity index (χ4v) is 3.60. The number of nitrogens with one attached hydrogen (secondary N) is 1. The Hall–Kier alpha value is -3.80. The molecule has 0 fully saturated rings. The van der Waals surface area contributed by atoms with Crippen LogP contribution >= 0.6 is 0 Å². The largest absolute Gasteiger partial charge is 0.395 e. The van der Waals surface area contributed by atoms with Crippen molar-refractivity contribution in [3.8, 4) is 0 Å². The predicted molar refractivity (Wildman–Crippen MR) is 102 cm³/mol. The van der Waals surface area contributed by atoms with Gasteiger partial charge in [0, 0.05) is 28.8 Å². The SMILES string of the molecule is CCNC1=C(C2=C(N)C(=O)c3ccccc3C2=O)C(=O)c2ccccc2C1=O. The second-order valence-electron chi connectivity index (χ2n) is 6.48. The first kappa shape index (κ1) is 17.6. The Balaban J connectivity index is 2.01. The molecule has 2 aromatic carbocycles. The summed E-state index contributed by atoms with van der Waals surface area (Å²) >= 11 is 0. The van der Waals surface area contributed by atoms with E-state index in [0.29, 0.717) is 6.54 Å². The van der Waals surface area contributed by atoms with Crippen LogP contribution in [-0.4, -0.2) is 29.7 Å². The zero-order chi connectivity index (χ0) is 20.0. The summed E-state index contributed by atoms with van der Waals surface area (Å²) < 4.78 is 0. The van der Waals surface area contributed by atoms with Crippen molar-refractivity contribution in [1.82, 2.24) is 5.32 Å². The zero-order valence-electron chi connectivity index (χ0n) is 15.0. The number of benzene rings is 2. The molecule has 0 bridgehead atoms. The number of rotatable bonds is 3. The van der Waals surface area contributed by atoms with Crippen LogP contribution in [-0.2, 0) is 0 Å². The summed E-state index contributed by atoms with van der Waals surface area (Å²) in [7, 11) is 0. The molecule has 0 aliphatic heterocycles. The molecule has 0 atom stereocenters. The number of ketones is 4. The fraction of sp³-hybridized carbons (Fsp3) is 0.0909. The van der Waals surface area contributed by atoms with Gasteiger partial charge in [0.05, 0.1) is 22.5 Å². The Labute approximate surface area is 160 Å². The van der Waals surface area contributed by atoms with Gasteiger partial charge < -0.3 is 11.1 Å². The lowest BCUT2D eigenvalue weighted by atomic mass is 9.77. The Bertz CT molecular complexity index is 1150. The summed E-state index contributed by atoms with van der Waals surface area (Å²) in [6.45, 7) is 2.12. The van der Waals surface area contributed by atoms with Crippen molar-refractivity contribution in [1.29, 1.82) is 0 Å². The molecule has 0 amide bonds. The summed E-state index contributed by atoms with van der Waals surface area (Å²) in [6.07, 6.45) is 0. The van der Waals surface area contributed by atoms with E-state index < -0.39 is 23.1 Å². The minimum Gasteiger partial charge on any atom is -0.395 e. The van der Waals surface area contributed by atoms with Crippen LogP contribution in [0.15, 0.2) is 71.1 Å². The standard InChI is InChI=1S/C22H16N2O4/c1-2-24-18-16(20(26)12-8-4-6-10-14(12)22(18)28)15-17(23)21(27)13-9-5-3-7-11(13)19(15)25/h3-10,24H,2,23H2,1H3. The van der Waals surface area contributed by atoms with E-state index in [4.69, 9.17) is 5.73 Å². The molecule has 4 rings (SSSR count). The Morgan fingerprint density at radius 1 is 0.679 bits per heavy atom. The van der Waals surface area contributed by atoms with Gasteiger partial charge in [0.2, 0.25) is 11.6 Å². The molecular weight excluding hydrogens is 356 g/mol. The minimum absolute atomic E-state index is 0.00955. The molecule has 3 N–H and O–H groups in total. The van der Waals surface area contributed by atoms with Crippen molar-refractivity contribution < 1.29 is 19.2 Å². The molecule has 0 saturated heterocycles. The summed E-state index contributed by atoms with van der Waals surface area (Å²) in [4.78, 5) is 52.2. The van der Waals surface area contributed by atoms with Crippen LogP contribution in [0.5, 0.6) is 0 Å². The number of allylic oxidation sites excluding steroid dienone is 4. The highest BCUT2D eigenvalue weighted by Crippen LogP contribution is 2.35. The van der Waals surface area contributed by atoms with Crippen molar-refractivity contribution in [2.45, 2.75) is 6.92 Å². The molecular formula is C22H16N2O4. The number of nitrogens with two attached hydrogens (primary N) is 1.